The summed E-state index contributed by atoms with van der Waals surface area (Å²) in [5, 5.41) is 0. The standard InChI is InChI=1S/C16H23N3O2/c1-12-9-13(11-21-12)16(20)19-7-5-18(6-8-19)15-4-2-3-14(17)10-15/h2-4,10,12-13H,5-9,11,17H2,1H3. The van der Waals surface area contributed by atoms with E-state index >= 15 is 0 Å². The molecule has 5 heteroatoms. The van der Waals surface area contributed by atoms with Crippen LogP contribution in [0.4, 0.5) is 11.4 Å². The quantitative estimate of drug-likeness (QED) is 0.835. The van der Waals surface area contributed by atoms with Gasteiger partial charge in [0.1, 0.15) is 0 Å². The number of benzene rings is 1. The minimum absolute atomic E-state index is 0.0546. The molecule has 3 rings (SSSR count). The lowest BCUT2D eigenvalue weighted by Gasteiger charge is -2.37. The summed E-state index contributed by atoms with van der Waals surface area (Å²) >= 11 is 0. The molecule has 114 valence electrons. The number of anilines is 2. The van der Waals surface area contributed by atoms with Gasteiger partial charge in [0, 0.05) is 37.6 Å². The molecular formula is C16H23N3O2. The first-order valence-electron chi connectivity index (χ1n) is 7.64. The second kappa shape index (κ2) is 5.93. The van der Waals surface area contributed by atoms with E-state index in [0.717, 1.165) is 44.0 Å². The Balaban J connectivity index is 1.56. The van der Waals surface area contributed by atoms with Crippen LogP contribution in [-0.4, -0.2) is 49.7 Å². The average molecular weight is 289 g/mol. The summed E-state index contributed by atoms with van der Waals surface area (Å²) in [5.74, 6) is 0.311. The SMILES string of the molecule is CC1CC(C(=O)N2CCN(c3cccc(N)c3)CC2)CO1. The number of carbonyl (C=O) groups is 1. The van der Waals surface area contributed by atoms with Crippen LogP contribution >= 0.6 is 0 Å². The van der Waals surface area contributed by atoms with Gasteiger partial charge in [-0.05, 0) is 31.5 Å². The zero-order valence-corrected chi connectivity index (χ0v) is 12.5. The number of ether oxygens (including phenoxy) is 1. The van der Waals surface area contributed by atoms with Crippen LogP contribution in [0.5, 0.6) is 0 Å². The number of amides is 1. The molecule has 1 amide bonds. The number of nitrogens with zero attached hydrogens (tertiary/aromatic N) is 2. The van der Waals surface area contributed by atoms with E-state index in [1.165, 1.54) is 0 Å². The summed E-state index contributed by atoms with van der Waals surface area (Å²) in [6, 6.07) is 7.92. The highest BCUT2D eigenvalue weighted by atomic mass is 16.5. The molecule has 5 nitrogen and oxygen atoms in total. The Morgan fingerprint density at radius 2 is 2.05 bits per heavy atom. The van der Waals surface area contributed by atoms with Gasteiger partial charge < -0.3 is 20.3 Å². The number of nitrogens with two attached hydrogens (primary N) is 1. The maximum atomic E-state index is 12.5. The fraction of sp³-hybridized carbons (Fsp3) is 0.562. The molecule has 2 fully saturated rings. The Morgan fingerprint density at radius 3 is 2.67 bits per heavy atom. The van der Waals surface area contributed by atoms with Gasteiger partial charge >= 0.3 is 0 Å². The van der Waals surface area contributed by atoms with Gasteiger partial charge in [-0.25, -0.2) is 0 Å². The molecule has 2 saturated heterocycles. The predicted octanol–water partition coefficient (Wildman–Crippen LogP) is 1.34. The molecule has 0 radical (unpaired) electrons. The van der Waals surface area contributed by atoms with Crippen LogP contribution in [-0.2, 0) is 9.53 Å². The van der Waals surface area contributed by atoms with Crippen molar-refractivity contribution in [1.29, 1.82) is 0 Å². The Labute approximate surface area is 125 Å². The first-order chi connectivity index (χ1) is 10.1. The molecular weight excluding hydrogens is 266 g/mol. The lowest BCUT2D eigenvalue weighted by Crippen LogP contribution is -2.50. The van der Waals surface area contributed by atoms with Crippen molar-refractivity contribution in [2.45, 2.75) is 19.4 Å². The Bertz CT molecular complexity index is 512. The van der Waals surface area contributed by atoms with Crippen LogP contribution in [0.3, 0.4) is 0 Å². The summed E-state index contributed by atoms with van der Waals surface area (Å²) in [6.07, 6.45) is 1.07. The smallest absolute Gasteiger partial charge is 0.228 e. The molecule has 0 aromatic heterocycles. The summed E-state index contributed by atoms with van der Waals surface area (Å²) in [7, 11) is 0. The normalized spacial score (nSPS) is 26.1. The second-order valence-electron chi connectivity index (χ2n) is 5.98. The number of nitrogen functional groups attached to an aromatic ring is 1. The molecule has 2 aliphatic rings. The van der Waals surface area contributed by atoms with E-state index in [1.807, 2.05) is 30.0 Å². The van der Waals surface area contributed by atoms with E-state index in [0.29, 0.717) is 6.61 Å². The largest absolute Gasteiger partial charge is 0.399 e. The Hall–Kier alpha value is -1.75. The predicted molar refractivity (Wildman–Crippen MR) is 83.2 cm³/mol. The summed E-state index contributed by atoms with van der Waals surface area (Å²) in [6.45, 7) is 5.88. The van der Waals surface area contributed by atoms with Crippen molar-refractivity contribution in [3.63, 3.8) is 0 Å². The average Bonchev–Trinajstić information content (AvgIpc) is 2.93. The van der Waals surface area contributed by atoms with Gasteiger partial charge in [0.05, 0.1) is 18.6 Å². The molecule has 2 heterocycles. The van der Waals surface area contributed by atoms with Gasteiger partial charge in [-0.1, -0.05) is 6.07 Å². The fourth-order valence-electron chi connectivity index (χ4n) is 3.15. The lowest BCUT2D eigenvalue weighted by atomic mass is 10.0. The Morgan fingerprint density at radius 1 is 1.29 bits per heavy atom. The maximum absolute atomic E-state index is 12.5. The maximum Gasteiger partial charge on any atom is 0.228 e. The van der Waals surface area contributed by atoms with Gasteiger partial charge in [-0.3, -0.25) is 4.79 Å². The molecule has 0 aliphatic carbocycles. The third-order valence-corrected chi connectivity index (χ3v) is 4.37. The summed E-state index contributed by atoms with van der Waals surface area (Å²) in [5.41, 5.74) is 7.75. The van der Waals surface area contributed by atoms with Crippen LogP contribution in [0, 0.1) is 5.92 Å². The van der Waals surface area contributed by atoms with Crippen molar-refractivity contribution >= 4 is 17.3 Å². The molecule has 0 saturated carbocycles. The van der Waals surface area contributed by atoms with Gasteiger partial charge in [-0.2, -0.15) is 0 Å². The first-order valence-corrected chi connectivity index (χ1v) is 7.64. The van der Waals surface area contributed by atoms with Crippen molar-refractivity contribution < 1.29 is 9.53 Å². The summed E-state index contributed by atoms with van der Waals surface area (Å²) < 4.78 is 5.51. The minimum Gasteiger partial charge on any atom is -0.399 e. The van der Waals surface area contributed by atoms with Crippen LogP contribution in [0.15, 0.2) is 24.3 Å². The van der Waals surface area contributed by atoms with Crippen molar-refractivity contribution in [2.75, 3.05) is 43.4 Å². The zero-order valence-electron chi connectivity index (χ0n) is 12.5. The molecule has 21 heavy (non-hydrogen) atoms. The van der Waals surface area contributed by atoms with Crippen LogP contribution in [0.1, 0.15) is 13.3 Å². The van der Waals surface area contributed by atoms with Crippen molar-refractivity contribution in [3.05, 3.63) is 24.3 Å². The number of rotatable bonds is 2. The topological polar surface area (TPSA) is 58.8 Å². The van der Waals surface area contributed by atoms with Crippen molar-refractivity contribution in [1.82, 2.24) is 4.90 Å². The fourth-order valence-corrected chi connectivity index (χ4v) is 3.15. The molecule has 2 unspecified atom stereocenters. The summed E-state index contributed by atoms with van der Waals surface area (Å²) in [4.78, 5) is 16.7. The Kier molecular flexibility index (Phi) is 4.01. The van der Waals surface area contributed by atoms with E-state index in [-0.39, 0.29) is 17.9 Å². The van der Waals surface area contributed by atoms with E-state index < -0.39 is 0 Å². The highest BCUT2D eigenvalue weighted by molar-refractivity contribution is 5.79. The number of carbonyl (C=O) groups excluding carboxylic acids is 1. The van der Waals surface area contributed by atoms with Gasteiger partial charge in [-0.15, -0.1) is 0 Å². The molecule has 2 atom stereocenters. The van der Waals surface area contributed by atoms with E-state index in [9.17, 15) is 4.79 Å². The molecule has 2 aliphatic heterocycles. The van der Waals surface area contributed by atoms with E-state index in [2.05, 4.69) is 11.0 Å². The first kappa shape index (κ1) is 14.2. The lowest BCUT2D eigenvalue weighted by molar-refractivity contribution is -0.135. The van der Waals surface area contributed by atoms with E-state index in [1.54, 1.807) is 0 Å². The van der Waals surface area contributed by atoms with Gasteiger partial charge in [0.25, 0.3) is 0 Å². The highest BCUT2D eigenvalue weighted by Crippen LogP contribution is 2.23. The zero-order chi connectivity index (χ0) is 14.8. The number of hydrogen-bond acceptors (Lipinski definition) is 4. The van der Waals surface area contributed by atoms with Gasteiger partial charge in [0.2, 0.25) is 5.91 Å². The molecule has 0 bridgehead atoms. The van der Waals surface area contributed by atoms with Crippen molar-refractivity contribution in [3.8, 4) is 0 Å². The van der Waals surface area contributed by atoms with Crippen LogP contribution < -0.4 is 10.6 Å². The van der Waals surface area contributed by atoms with Gasteiger partial charge in [0.15, 0.2) is 0 Å². The minimum atomic E-state index is 0.0546. The number of piperazine rings is 1. The van der Waals surface area contributed by atoms with Crippen LogP contribution in [0.2, 0.25) is 0 Å². The molecule has 1 aromatic carbocycles. The third-order valence-electron chi connectivity index (χ3n) is 4.37. The highest BCUT2D eigenvalue weighted by Gasteiger charge is 2.32. The molecule has 0 spiro atoms. The second-order valence-corrected chi connectivity index (χ2v) is 5.98. The molecule has 2 N–H and O–H groups in total. The van der Waals surface area contributed by atoms with Crippen molar-refractivity contribution in [2.24, 2.45) is 5.92 Å². The monoisotopic (exact) mass is 289 g/mol. The third kappa shape index (κ3) is 3.13. The van der Waals surface area contributed by atoms with Crippen LogP contribution in [0.25, 0.3) is 0 Å². The number of hydrogen-bond donors (Lipinski definition) is 1. The van der Waals surface area contributed by atoms with E-state index in [4.69, 9.17) is 10.5 Å². The molecule has 1 aromatic rings.